The molecule has 1 fully saturated rings. The molecule has 0 aromatic carbocycles. The summed E-state index contributed by atoms with van der Waals surface area (Å²) in [6.07, 6.45) is -5.46. The molecule has 1 nitrogen and oxygen atoms in total. The smallest absolute Gasteiger partial charge is 0.328 e. The monoisotopic (exact) mass is 185 g/mol. The molecule has 0 amide bonds. The lowest BCUT2D eigenvalue weighted by atomic mass is 9.83. The van der Waals surface area contributed by atoms with Gasteiger partial charge in [-0.15, -0.1) is 0 Å². The van der Waals surface area contributed by atoms with Crippen LogP contribution in [-0.2, 0) is 0 Å². The Hall–Kier alpha value is -0.320. The van der Waals surface area contributed by atoms with Crippen molar-refractivity contribution in [2.45, 2.75) is 43.6 Å². The summed E-state index contributed by atoms with van der Waals surface area (Å²) in [7, 11) is 0. The summed E-state index contributed by atoms with van der Waals surface area (Å²) < 4.78 is 49.2. The second-order valence-corrected chi connectivity index (χ2v) is 3.30. The van der Waals surface area contributed by atoms with Gasteiger partial charge in [-0.1, -0.05) is 0 Å². The minimum atomic E-state index is -4.73. The summed E-state index contributed by atoms with van der Waals surface area (Å²) in [4.78, 5) is 0. The second-order valence-electron chi connectivity index (χ2n) is 3.30. The number of rotatable bonds is 0. The van der Waals surface area contributed by atoms with Crippen molar-refractivity contribution in [2.24, 2.45) is 5.73 Å². The first-order valence-electron chi connectivity index (χ1n) is 3.86. The lowest BCUT2D eigenvalue weighted by Crippen LogP contribution is -2.46. The third-order valence-electron chi connectivity index (χ3n) is 2.33. The minimum absolute atomic E-state index is 0.121. The van der Waals surface area contributed by atoms with Crippen molar-refractivity contribution in [3.8, 4) is 0 Å². The van der Waals surface area contributed by atoms with Crippen molar-refractivity contribution in [3.05, 3.63) is 0 Å². The van der Waals surface area contributed by atoms with Crippen LogP contribution in [0.4, 0.5) is 17.6 Å². The van der Waals surface area contributed by atoms with Crippen molar-refractivity contribution < 1.29 is 17.6 Å². The molecule has 1 aliphatic carbocycles. The molecule has 0 aromatic heterocycles. The maximum Gasteiger partial charge on any atom is 0.422 e. The lowest BCUT2D eigenvalue weighted by Gasteiger charge is -2.33. The van der Waals surface area contributed by atoms with E-state index in [4.69, 9.17) is 5.73 Å². The van der Waals surface area contributed by atoms with Crippen LogP contribution in [0.15, 0.2) is 0 Å². The van der Waals surface area contributed by atoms with Gasteiger partial charge in [0.25, 0.3) is 0 Å². The molecule has 0 heterocycles. The standard InChI is InChI=1S/C7H11F4N/c8-6(7(9,10)11)3-1-5(12)2-4-6/h5H,1-4,12H2. The van der Waals surface area contributed by atoms with Gasteiger partial charge in [0.05, 0.1) is 0 Å². The maximum atomic E-state index is 13.1. The van der Waals surface area contributed by atoms with E-state index >= 15 is 0 Å². The van der Waals surface area contributed by atoms with Crippen LogP contribution in [0.1, 0.15) is 25.7 Å². The van der Waals surface area contributed by atoms with Crippen LogP contribution in [0, 0.1) is 0 Å². The van der Waals surface area contributed by atoms with E-state index in [1.54, 1.807) is 0 Å². The normalized spacial score (nSPS) is 38.2. The highest BCUT2D eigenvalue weighted by Gasteiger charge is 2.56. The van der Waals surface area contributed by atoms with Crippen LogP contribution in [-0.4, -0.2) is 17.9 Å². The average molecular weight is 185 g/mol. The van der Waals surface area contributed by atoms with E-state index in [1.165, 1.54) is 0 Å². The summed E-state index contributed by atoms with van der Waals surface area (Å²) in [5.74, 6) is 0. The largest absolute Gasteiger partial charge is 0.422 e. The molecule has 0 aliphatic heterocycles. The Morgan fingerprint density at radius 1 is 1.17 bits per heavy atom. The van der Waals surface area contributed by atoms with Crippen molar-refractivity contribution in [3.63, 3.8) is 0 Å². The molecule has 0 aromatic rings. The highest BCUT2D eigenvalue weighted by Crippen LogP contribution is 2.44. The van der Waals surface area contributed by atoms with E-state index in [-0.39, 0.29) is 18.9 Å². The van der Waals surface area contributed by atoms with Crippen molar-refractivity contribution in [2.75, 3.05) is 0 Å². The first kappa shape index (κ1) is 9.77. The summed E-state index contributed by atoms with van der Waals surface area (Å²) >= 11 is 0. The van der Waals surface area contributed by atoms with Crippen molar-refractivity contribution >= 4 is 0 Å². The van der Waals surface area contributed by atoms with Gasteiger partial charge in [0.15, 0.2) is 0 Å². The quantitative estimate of drug-likeness (QED) is 0.575. The number of alkyl halides is 4. The second kappa shape index (κ2) is 2.87. The summed E-state index contributed by atoms with van der Waals surface area (Å²) in [6.45, 7) is 0. The lowest BCUT2D eigenvalue weighted by molar-refractivity contribution is -0.240. The predicted molar refractivity (Wildman–Crippen MR) is 36.3 cm³/mol. The van der Waals surface area contributed by atoms with Crippen LogP contribution in [0.5, 0.6) is 0 Å². The molecule has 72 valence electrons. The van der Waals surface area contributed by atoms with E-state index in [9.17, 15) is 17.6 Å². The number of hydrogen-bond donors (Lipinski definition) is 1. The number of hydrogen-bond acceptors (Lipinski definition) is 1. The van der Waals surface area contributed by atoms with E-state index < -0.39 is 24.7 Å². The SMILES string of the molecule is NC1CCC(F)(C(F)(F)F)CC1. The molecule has 2 N–H and O–H groups in total. The molecule has 0 saturated heterocycles. The Morgan fingerprint density at radius 2 is 1.58 bits per heavy atom. The van der Waals surface area contributed by atoms with E-state index in [1.807, 2.05) is 0 Å². The molecular formula is C7H11F4N. The van der Waals surface area contributed by atoms with Gasteiger partial charge >= 0.3 is 6.18 Å². The van der Waals surface area contributed by atoms with E-state index in [0.717, 1.165) is 0 Å². The Morgan fingerprint density at radius 3 is 1.92 bits per heavy atom. The fourth-order valence-corrected chi connectivity index (χ4v) is 1.38. The zero-order valence-corrected chi connectivity index (χ0v) is 6.49. The molecule has 0 radical (unpaired) electrons. The number of nitrogens with two attached hydrogens (primary N) is 1. The topological polar surface area (TPSA) is 26.0 Å². The van der Waals surface area contributed by atoms with Crippen LogP contribution in [0.25, 0.3) is 0 Å². The zero-order chi connectivity index (χ0) is 9.41. The van der Waals surface area contributed by atoms with Crippen molar-refractivity contribution in [1.29, 1.82) is 0 Å². The fraction of sp³-hybridized carbons (Fsp3) is 1.00. The van der Waals surface area contributed by atoms with Crippen LogP contribution < -0.4 is 5.73 Å². The van der Waals surface area contributed by atoms with Gasteiger partial charge in [-0.3, -0.25) is 0 Å². The highest BCUT2D eigenvalue weighted by molar-refractivity contribution is 4.92. The molecule has 0 atom stereocenters. The van der Waals surface area contributed by atoms with Crippen molar-refractivity contribution in [1.82, 2.24) is 0 Å². The maximum absolute atomic E-state index is 13.1. The Bertz CT molecular complexity index is 157. The van der Waals surface area contributed by atoms with Gasteiger partial charge in [0.2, 0.25) is 5.67 Å². The Balaban J connectivity index is 2.62. The van der Waals surface area contributed by atoms with Gasteiger partial charge in [-0.05, 0) is 25.7 Å². The average Bonchev–Trinajstić information content (AvgIpc) is 1.93. The fourth-order valence-electron chi connectivity index (χ4n) is 1.38. The molecular weight excluding hydrogens is 174 g/mol. The molecule has 1 saturated carbocycles. The number of halogens is 4. The first-order valence-corrected chi connectivity index (χ1v) is 3.86. The highest BCUT2D eigenvalue weighted by atomic mass is 19.4. The molecule has 12 heavy (non-hydrogen) atoms. The van der Waals surface area contributed by atoms with Gasteiger partial charge in [0.1, 0.15) is 0 Å². The molecule has 0 spiro atoms. The van der Waals surface area contributed by atoms with Gasteiger partial charge in [-0.25, -0.2) is 4.39 Å². The summed E-state index contributed by atoms with van der Waals surface area (Å²) in [5.41, 5.74) is 2.38. The summed E-state index contributed by atoms with van der Waals surface area (Å²) in [5, 5.41) is 0. The van der Waals surface area contributed by atoms with E-state index in [2.05, 4.69) is 0 Å². The third kappa shape index (κ3) is 1.71. The predicted octanol–water partition coefficient (Wildman–Crippen LogP) is 2.16. The van der Waals surface area contributed by atoms with Gasteiger partial charge in [0, 0.05) is 6.04 Å². The molecule has 1 aliphatic rings. The van der Waals surface area contributed by atoms with Crippen LogP contribution in [0.3, 0.4) is 0 Å². The van der Waals surface area contributed by atoms with Crippen LogP contribution in [0.2, 0.25) is 0 Å². The molecule has 1 rings (SSSR count). The molecule has 0 bridgehead atoms. The molecule has 0 unspecified atom stereocenters. The first-order chi connectivity index (χ1) is 5.35. The van der Waals surface area contributed by atoms with E-state index in [0.29, 0.717) is 0 Å². The van der Waals surface area contributed by atoms with Crippen LogP contribution >= 0.6 is 0 Å². The van der Waals surface area contributed by atoms with Gasteiger partial charge in [-0.2, -0.15) is 13.2 Å². The minimum Gasteiger partial charge on any atom is -0.328 e. The Kier molecular flexibility index (Phi) is 2.33. The Labute approximate surface area is 67.9 Å². The van der Waals surface area contributed by atoms with Gasteiger partial charge < -0.3 is 5.73 Å². The molecule has 5 heteroatoms. The third-order valence-corrected chi connectivity index (χ3v) is 2.33. The summed E-state index contributed by atoms with van der Waals surface area (Å²) in [6, 6.07) is -0.267. The zero-order valence-electron chi connectivity index (χ0n) is 6.49.